The SMILES string of the molecule is O=C(NCCC=Cc1ccc2oc(=O)c(C(=O)O)cc2c1)OCC1c2ccccc2-c2ccccc21. The third kappa shape index (κ3) is 4.63. The molecule has 0 atom stereocenters. The summed E-state index contributed by atoms with van der Waals surface area (Å²) in [6.45, 7) is 0.667. The lowest BCUT2D eigenvalue weighted by Gasteiger charge is -2.14. The lowest BCUT2D eigenvalue weighted by molar-refractivity contribution is 0.0692. The minimum Gasteiger partial charge on any atom is -0.477 e. The minimum absolute atomic E-state index is 0.0158. The van der Waals surface area contributed by atoms with Crippen LogP contribution < -0.4 is 10.9 Å². The molecule has 2 N–H and O–H groups in total. The van der Waals surface area contributed by atoms with Crippen LogP contribution >= 0.6 is 0 Å². The quantitative estimate of drug-likeness (QED) is 0.269. The molecule has 5 rings (SSSR count). The third-order valence-corrected chi connectivity index (χ3v) is 6.22. The van der Waals surface area contributed by atoms with Gasteiger partial charge in [0, 0.05) is 17.8 Å². The van der Waals surface area contributed by atoms with Gasteiger partial charge in [-0.2, -0.15) is 0 Å². The van der Waals surface area contributed by atoms with Gasteiger partial charge in [-0.1, -0.05) is 66.7 Å². The number of rotatable bonds is 7. The predicted octanol–water partition coefficient (Wildman–Crippen LogP) is 5.43. The molecule has 180 valence electrons. The van der Waals surface area contributed by atoms with Crippen molar-refractivity contribution in [3.8, 4) is 11.1 Å². The fraction of sp³-hybridized carbons (Fsp3) is 0.138. The Labute approximate surface area is 206 Å². The Kier molecular flexibility index (Phi) is 6.36. The Morgan fingerprint density at radius 3 is 2.36 bits per heavy atom. The van der Waals surface area contributed by atoms with Gasteiger partial charge in [-0.05, 0) is 52.4 Å². The second-order valence-corrected chi connectivity index (χ2v) is 8.49. The van der Waals surface area contributed by atoms with E-state index in [1.165, 1.54) is 28.3 Å². The van der Waals surface area contributed by atoms with Gasteiger partial charge in [0.2, 0.25) is 0 Å². The highest BCUT2D eigenvalue weighted by Gasteiger charge is 2.28. The summed E-state index contributed by atoms with van der Waals surface area (Å²) < 4.78 is 10.6. The average Bonchev–Trinajstić information content (AvgIpc) is 3.20. The summed E-state index contributed by atoms with van der Waals surface area (Å²) >= 11 is 0. The largest absolute Gasteiger partial charge is 0.477 e. The Morgan fingerprint density at radius 2 is 1.67 bits per heavy atom. The Bertz CT molecular complexity index is 1510. The highest BCUT2D eigenvalue weighted by atomic mass is 16.5. The topological polar surface area (TPSA) is 106 Å². The number of hydrogen-bond donors (Lipinski definition) is 2. The number of carbonyl (C=O) groups excluding carboxylic acids is 1. The highest BCUT2D eigenvalue weighted by Crippen LogP contribution is 2.44. The van der Waals surface area contributed by atoms with E-state index in [2.05, 4.69) is 29.6 Å². The molecule has 3 aromatic carbocycles. The van der Waals surface area contributed by atoms with Crippen molar-refractivity contribution in [3.63, 3.8) is 0 Å². The smallest absolute Gasteiger partial charge is 0.407 e. The second-order valence-electron chi connectivity index (χ2n) is 8.49. The van der Waals surface area contributed by atoms with Crippen LogP contribution in [-0.4, -0.2) is 30.3 Å². The van der Waals surface area contributed by atoms with Crippen LogP contribution in [0.2, 0.25) is 0 Å². The lowest BCUT2D eigenvalue weighted by Crippen LogP contribution is -2.26. The van der Waals surface area contributed by atoms with Crippen LogP contribution in [0.5, 0.6) is 0 Å². The van der Waals surface area contributed by atoms with E-state index in [1.807, 2.05) is 36.4 Å². The average molecular weight is 482 g/mol. The van der Waals surface area contributed by atoms with E-state index in [-0.39, 0.29) is 12.5 Å². The van der Waals surface area contributed by atoms with E-state index < -0.39 is 23.3 Å². The maximum Gasteiger partial charge on any atom is 0.407 e. The van der Waals surface area contributed by atoms with Crippen molar-refractivity contribution in [2.45, 2.75) is 12.3 Å². The Balaban J connectivity index is 1.14. The van der Waals surface area contributed by atoms with Crippen molar-refractivity contribution in [2.24, 2.45) is 0 Å². The van der Waals surface area contributed by atoms with Gasteiger partial charge in [0.1, 0.15) is 17.8 Å². The van der Waals surface area contributed by atoms with Crippen LogP contribution in [0.1, 0.15) is 39.4 Å². The molecule has 4 aromatic rings. The first-order valence-electron chi connectivity index (χ1n) is 11.6. The fourth-order valence-electron chi connectivity index (χ4n) is 4.52. The minimum atomic E-state index is -1.33. The number of alkyl carbamates (subject to hydrolysis) is 1. The third-order valence-electron chi connectivity index (χ3n) is 6.22. The van der Waals surface area contributed by atoms with E-state index in [4.69, 9.17) is 14.3 Å². The van der Waals surface area contributed by atoms with Crippen LogP contribution in [-0.2, 0) is 4.74 Å². The van der Waals surface area contributed by atoms with Gasteiger partial charge in [0.25, 0.3) is 0 Å². The Morgan fingerprint density at radius 1 is 0.972 bits per heavy atom. The lowest BCUT2D eigenvalue weighted by atomic mass is 9.98. The number of benzene rings is 3. The molecule has 7 nitrogen and oxygen atoms in total. The maximum absolute atomic E-state index is 12.3. The summed E-state index contributed by atoms with van der Waals surface area (Å²) in [5, 5.41) is 12.4. The monoisotopic (exact) mass is 481 g/mol. The van der Waals surface area contributed by atoms with Gasteiger partial charge in [-0.25, -0.2) is 14.4 Å². The van der Waals surface area contributed by atoms with Crippen molar-refractivity contribution in [3.05, 3.63) is 112 Å². The molecule has 36 heavy (non-hydrogen) atoms. The van der Waals surface area contributed by atoms with Crippen LogP contribution in [0.15, 0.2) is 88.1 Å². The normalized spacial score (nSPS) is 12.4. The number of carboxylic acid groups (broad SMARTS) is 1. The van der Waals surface area contributed by atoms with E-state index >= 15 is 0 Å². The molecule has 1 amide bonds. The molecule has 0 saturated heterocycles. The van der Waals surface area contributed by atoms with Crippen LogP contribution in [0.3, 0.4) is 0 Å². The fourth-order valence-corrected chi connectivity index (χ4v) is 4.52. The number of aromatic carboxylic acids is 1. The molecule has 1 aromatic heterocycles. The second kappa shape index (κ2) is 9.92. The maximum atomic E-state index is 12.3. The molecule has 0 bridgehead atoms. The number of amides is 1. The summed E-state index contributed by atoms with van der Waals surface area (Å²) in [6, 6.07) is 22.8. The first kappa shape index (κ1) is 23.1. The summed E-state index contributed by atoms with van der Waals surface area (Å²) in [4.78, 5) is 35.1. The molecular weight excluding hydrogens is 458 g/mol. The van der Waals surface area contributed by atoms with E-state index in [1.54, 1.807) is 18.2 Å². The van der Waals surface area contributed by atoms with Crippen molar-refractivity contribution in [1.82, 2.24) is 5.32 Å². The van der Waals surface area contributed by atoms with Crippen LogP contribution in [0.4, 0.5) is 4.79 Å². The van der Waals surface area contributed by atoms with Gasteiger partial charge in [-0.15, -0.1) is 0 Å². The number of nitrogens with one attached hydrogen (secondary N) is 1. The number of carbonyl (C=O) groups is 2. The van der Waals surface area contributed by atoms with Crippen molar-refractivity contribution in [2.75, 3.05) is 13.2 Å². The molecule has 0 saturated carbocycles. The summed E-state index contributed by atoms with van der Waals surface area (Å²) in [7, 11) is 0. The molecule has 1 aliphatic rings. The van der Waals surface area contributed by atoms with E-state index in [9.17, 15) is 14.4 Å². The molecule has 0 aliphatic heterocycles. The van der Waals surface area contributed by atoms with Gasteiger partial charge in [0.05, 0.1) is 0 Å². The molecule has 0 spiro atoms. The van der Waals surface area contributed by atoms with Gasteiger partial charge in [-0.3, -0.25) is 0 Å². The highest BCUT2D eigenvalue weighted by molar-refractivity contribution is 5.92. The summed E-state index contributed by atoms with van der Waals surface area (Å²) in [5.74, 6) is -1.31. The molecule has 0 radical (unpaired) electrons. The Hall–Kier alpha value is -4.65. The van der Waals surface area contributed by atoms with Crippen LogP contribution in [0, 0.1) is 0 Å². The molecule has 0 unspecified atom stereocenters. The van der Waals surface area contributed by atoms with E-state index in [0.717, 1.165) is 5.56 Å². The molecule has 1 heterocycles. The van der Waals surface area contributed by atoms with Gasteiger partial charge >= 0.3 is 17.7 Å². The predicted molar refractivity (Wildman–Crippen MR) is 136 cm³/mol. The number of hydrogen-bond acceptors (Lipinski definition) is 5. The summed E-state index contributed by atoms with van der Waals surface area (Å²) in [6.07, 6.45) is 3.85. The zero-order valence-electron chi connectivity index (χ0n) is 19.3. The standard InChI is InChI=1S/C29H23NO6/c31-27(32)24-16-19-15-18(12-13-26(19)36-28(24)33)7-5-6-14-30-29(34)35-17-25-22-10-3-1-8-20(22)21-9-2-4-11-23(21)25/h1-5,7-13,15-16,25H,6,14,17H2,(H,30,34)(H,31,32). The van der Waals surface area contributed by atoms with Gasteiger partial charge < -0.3 is 19.6 Å². The molecular formula is C29H23NO6. The number of ether oxygens (including phenoxy) is 1. The molecule has 7 heteroatoms. The first-order chi connectivity index (χ1) is 17.5. The van der Waals surface area contributed by atoms with Crippen molar-refractivity contribution < 1.29 is 23.8 Å². The van der Waals surface area contributed by atoms with Crippen molar-refractivity contribution in [1.29, 1.82) is 0 Å². The van der Waals surface area contributed by atoms with Gasteiger partial charge in [0.15, 0.2) is 0 Å². The zero-order valence-corrected chi connectivity index (χ0v) is 19.3. The molecule has 0 fully saturated rings. The van der Waals surface area contributed by atoms with Crippen molar-refractivity contribution >= 4 is 29.1 Å². The number of carboxylic acids is 1. The summed E-state index contributed by atoms with van der Waals surface area (Å²) in [5.41, 5.74) is 4.55. The van der Waals surface area contributed by atoms with Crippen LogP contribution in [0.25, 0.3) is 28.2 Å². The number of fused-ring (bicyclic) bond motifs is 4. The molecule has 1 aliphatic carbocycles. The zero-order chi connectivity index (χ0) is 25.1. The van der Waals surface area contributed by atoms with E-state index in [0.29, 0.717) is 23.9 Å². The first-order valence-corrected chi connectivity index (χ1v) is 11.6.